The van der Waals surface area contributed by atoms with Gasteiger partial charge in [0.1, 0.15) is 22.7 Å². The highest BCUT2D eigenvalue weighted by Gasteiger charge is 2.28. The van der Waals surface area contributed by atoms with E-state index in [-0.39, 0.29) is 5.91 Å². The van der Waals surface area contributed by atoms with Crippen molar-refractivity contribution in [3.63, 3.8) is 0 Å². The third-order valence-corrected chi connectivity index (χ3v) is 8.17. The van der Waals surface area contributed by atoms with Crippen LogP contribution in [0.15, 0.2) is 95.5 Å². The summed E-state index contributed by atoms with van der Waals surface area (Å²) in [7, 11) is 0. The molecule has 1 aliphatic rings. The third-order valence-electron chi connectivity index (χ3n) is 7.84. The van der Waals surface area contributed by atoms with Crippen LogP contribution in [0.5, 0.6) is 0 Å². The molecule has 0 bridgehead atoms. The first kappa shape index (κ1) is 26.2. The standard InChI is InChI=1S/C34H28ClN5O2/c1-22-10-12-23(13-11-22)20-29-36-32(39-16-18-40(19-17-39)34(41)27-8-4-5-9-28(27)35)30-31(38-42-33(30)37-29)26-15-14-24-6-2-3-7-25(24)21-26/h2-15,21H,16-20H2,1H3. The first-order valence-corrected chi connectivity index (χ1v) is 14.4. The van der Waals surface area contributed by atoms with Gasteiger partial charge in [0.05, 0.1) is 10.6 Å². The van der Waals surface area contributed by atoms with Gasteiger partial charge in [-0.05, 0) is 41.5 Å². The average molecular weight is 574 g/mol. The van der Waals surface area contributed by atoms with Gasteiger partial charge in [0, 0.05) is 38.2 Å². The van der Waals surface area contributed by atoms with Gasteiger partial charge in [0.2, 0.25) is 0 Å². The predicted octanol–water partition coefficient (Wildman–Crippen LogP) is 6.95. The molecule has 2 aromatic heterocycles. The van der Waals surface area contributed by atoms with Crippen molar-refractivity contribution in [3.8, 4) is 11.3 Å². The fourth-order valence-electron chi connectivity index (χ4n) is 5.54. The van der Waals surface area contributed by atoms with Crippen molar-refractivity contribution in [2.45, 2.75) is 13.3 Å². The van der Waals surface area contributed by atoms with Crippen LogP contribution in [0.3, 0.4) is 0 Å². The molecule has 8 heteroatoms. The number of halogens is 1. The summed E-state index contributed by atoms with van der Waals surface area (Å²) in [6, 6.07) is 30.1. The Morgan fingerprint density at radius 1 is 0.857 bits per heavy atom. The quantitative estimate of drug-likeness (QED) is 0.222. The summed E-state index contributed by atoms with van der Waals surface area (Å²) < 4.78 is 5.87. The zero-order valence-corrected chi connectivity index (χ0v) is 23.9. The molecule has 3 heterocycles. The monoisotopic (exact) mass is 573 g/mol. The average Bonchev–Trinajstić information content (AvgIpc) is 3.46. The van der Waals surface area contributed by atoms with Gasteiger partial charge < -0.3 is 14.3 Å². The van der Waals surface area contributed by atoms with Crippen molar-refractivity contribution in [1.82, 2.24) is 20.0 Å². The molecule has 208 valence electrons. The van der Waals surface area contributed by atoms with E-state index in [4.69, 9.17) is 26.1 Å². The normalized spacial score (nSPS) is 13.7. The van der Waals surface area contributed by atoms with Gasteiger partial charge >= 0.3 is 0 Å². The molecular weight excluding hydrogens is 546 g/mol. The molecule has 0 unspecified atom stereocenters. The molecular formula is C34H28ClN5O2. The summed E-state index contributed by atoms with van der Waals surface area (Å²) >= 11 is 6.33. The van der Waals surface area contributed by atoms with Crippen LogP contribution < -0.4 is 4.90 Å². The first-order chi connectivity index (χ1) is 20.5. The van der Waals surface area contributed by atoms with E-state index >= 15 is 0 Å². The molecule has 0 saturated carbocycles. The number of rotatable bonds is 5. The Labute approximate surface area is 248 Å². The van der Waals surface area contributed by atoms with Gasteiger partial charge in [0.25, 0.3) is 11.6 Å². The van der Waals surface area contributed by atoms with Gasteiger partial charge in [-0.2, -0.15) is 4.98 Å². The van der Waals surface area contributed by atoms with Crippen LogP contribution in [0, 0.1) is 6.92 Å². The van der Waals surface area contributed by atoms with Crippen LogP contribution in [0.25, 0.3) is 33.1 Å². The van der Waals surface area contributed by atoms with Crippen molar-refractivity contribution >= 4 is 45.2 Å². The highest BCUT2D eigenvalue weighted by Crippen LogP contribution is 2.36. The molecule has 0 N–H and O–H groups in total. The first-order valence-electron chi connectivity index (χ1n) is 14.0. The highest BCUT2D eigenvalue weighted by molar-refractivity contribution is 6.33. The third kappa shape index (κ3) is 4.97. The number of amides is 1. The van der Waals surface area contributed by atoms with Crippen LogP contribution in [-0.2, 0) is 6.42 Å². The summed E-state index contributed by atoms with van der Waals surface area (Å²) in [6.07, 6.45) is 0.570. The van der Waals surface area contributed by atoms with E-state index in [1.165, 1.54) is 5.56 Å². The second-order valence-corrected chi connectivity index (χ2v) is 11.1. The van der Waals surface area contributed by atoms with Gasteiger partial charge in [-0.1, -0.05) is 95.1 Å². The summed E-state index contributed by atoms with van der Waals surface area (Å²) in [6.45, 7) is 4.37. The summed E-state index contributed by atoms with van der Waals surface area (Å²) in [4.78, 5) is 27.2. The number of carbonyl (C=O) groups is 1. The van der Waals surface area contributed by atoms with E-state index in [1.54, 1.807) is 12.1 Å². The van der Waals surface area contributed by atoms with E-state index < -0.39 is 0 Å². The molecule has 1 saturated heterocycles. The summed E-state index contributed by atoms with van der Waals surface area (Å²) in [5.41, 5.74) is 4.96. The van der Waals surface area contributed by atoms with Crippen LogP contribution in [-0.4, -0.2) is 52.1 Å². The minimum Gasteiger partial charge on any atom is -0.352 e. The molecule has 0 radical (unpaired) electrons. The fourth-order valence-corrected chi connectivity index (χ4v) is 5.75. The Bertz CT molecular complexity index is 1930. The number of aryl methyl sites for hydroxylation is 1. The number of aromatic nitrogens is 3. The maximum atomic E-state index is 13.2. The second-order valence-electron chi connectivity index (χ2n) is 10.7. The van der Waals surface area contributed by atoms with Gasteiger partial charge in [-0.15, -0.1) is 0 Å². The Balaban J connectivity index is 1.26. The smallest absolute Gasteiger partial charge is 0.263 e. The largest absolute Gasteiger partial charge is 0.352 e. The molecule has 0 spiro atoms. The number of hydrogen-bond donors (Lipinski definition) is 0. The Morgan fingerprint density at radius 3 is 2.38 bits per heavy atom. The zero-order chi connectivity index (χ0) is 28.6. The molecule has 0 aliphatic carbocycles. The second kappa shape index (κ2) is 10.9. The van der Waals surface area contributed by atoms with Crippen LogP contribution in [0.2, 0.25) is 5.02 Å². The predicted molar refractivity (Wildman–Crippen MR) is 166 cm³/mol. The SMILES string of the molecule is Cc1ccc(Cc2nc(N3CCN(C(=O)c4ccccc4Cl)CC3)c3c(-c4ccc5ccccc5c4)noc3n2)cc1. The van der Waals surface area contributed by atoms with E-state index in [2.05, 4.69) is 71.6 Å². The summed E-state index contributed by atoms with van der Waals surface area (Å²) in [5, 5.41) is 8.02. The highest BCUT2D eigenvalue weighted by atomic mass is 35.5. The molecule has 7 nitrogen and oxygen atoms in total. The van der Waals surface area contributed by atoms with E-state index in [0.717, 1.165) is 33.1 Å². The fraction of sp³-hybridized carbons (Fsp3) is 0.176. The number of hydrogen-bond acceptors (Lipinski definition) is 6. The van der Waals surface area contributed by atoms with Crippen LogP contribution >= 0.6 is 11.6 Å². The number of benzene rings is 4. The van der Waals surface area contributed by atoms with Crippen molar-refractivity contribution in [1.29, 1.82) is 0 Å². The topological polar surface area (TPSA) is 75.4 Å². The molecule has 6 aromatic rings. The van der Waals surface area contributed by atoms with Gasteiger partial charge in [-0.25, -0.2) is 4.98 Å². The number of carbonyl (C=O) groups excluding carboxylic acids is 1. The Morgan fingerprint density at radius 2 is 1.60 bits per heavy atom. The molecule has 1 fully saturated rings. The number of nitrogens with zero attached hydrogens (tertiary/aromatic N) is 5. The van der Waals surface area contributed by atoms with E-state index in [1.807, 2.05) is 29.2 Å². The number of fused-ring (bicyclic) bond motifs is 2. The lowest BCUT2D eigenvalue weighted by Crippen LogP contribution is -2.49. The lowest BCUT2D eigenvalue weighted by molar-refractivity contribution is 0.0746. The maximum Gasteiger partial charge on any atom is 0.263 e. The summed E-state index contributed by atoms with van der Waals surface area (Å²) in [5.74, 6) is 1.38. The number of anilines is 1. The van der Waals surface area contributed by atoms with Crippen molar-refractivity contribution < 1.29 is 9.32 Å². The Kier molecular flexibility index (Phi) is 6.80. The minimum atomic E-state index is -0.0602. The van der Waals surface area contributed by atoms with Gasteiger partial charge in [-0.3, -0.25) is 4.79 Å². The molecule has 1 aliphatic heterocycles. The van der Waals surface area contributed by atoms with E-state index in [0.29, 0.717) is 60.4 Å². The van der Waals surface area contributed by atoms with Crippen molar-refractivity contribution in [3.05, 3.63) is 119 Å². The van der Waals surface area contributed by atoms with Crippen molar-refractivity contribution in [2.75, 3.05) is 31.1 Å². The zero-order valence-electron chi connectivity index (χ0n) is 23.1. The van der Waals surface area contributed by atoms with E-state index in [9.17, 15) is 4.79 Å². The lowest BCUT2D eigenvalue weighted by atomic mass is 10.0. The van der Waals surface area contributed by atoms with Gasteiger partial charge in [0.15, 0.2) is 0 Å². The lowest BCUT2D eigenvalue weighted by Gasteiger charge is -2.35. The van der Waals surface area contributed by atoms with Crippen LogP contribution in [0.4, 0.5) is 5.82 Å². The Hall–Kier alpha value is -4.75. The van der Waals surface area contributed by atoms with Crippen molar-refractivity contribution in [2.24, 2.45) is 0 Å². The molecule has 4 aromatic carbocycles. The maximum absolute atomic E-state index is 13.2. The molecule has 0 atom stereocenters. The number of piperazine rings is 1. The molecule has 42 heavy (non-hydrogen) atoms. The van der Waals surface area contributed by atoms with Crippen LogP contribution in [0.1, 0.15) is 27.3 Å². The minimum absolute atomic E-state index is 0.0602. The molecule has 1 amide bonds. The molecule has 7 rings (SSSR count).